The van der Waals surface area contributed by atoms with Crippen LogP contribution in [0.3, 0.4) is 0 Å². The van der Waals surface area contributed by atoms with Crippen molar-refractivity contribution in [1.29, 1.82) is 0 Å². The number of ether oxygens (including phenoxy) is 2. The Labute approximate surface area is 133 Å². The van der Waals surface area contributed by atoms with E-state index in [4.69, 9.17) is 21.1 Å². The summed E-state index contributed by atoms with van der Waals surface area (Å²) in [5, 5.41) is 3.76. The standard InChI is InChI=1S/C17H26ClNO2/c1-4-12-5-7-14(8-6-12)21-17-15(18)9-13(11-19-2)10-16(17)20-3/h9-10,12,14,19H,4-8,11H2,1-3H3. The highest BCUT2D eigenvalue weighted by Gasteiger charge is 2.23. The van der Waals surface area contributed by atoms with E-state index < -0.39 is 0 Å². The largest absolute Gasteiger partial charge is 0.493 e. The minimum absolute atomic E-state index is 0.259. The van der Waals surface area contributed by atoms with E-state index in [0.717, 1.165) is 36.6 Å². The number of benzene rings is 1. The highest BCUT2D eigenvalue weighted by Crippen LogP contribution is 2.39. The van der Waals surface area contributed by atoms with Crippen LogP contribution in [-0.4, -0.2) is 20.3 Å². The van der Waals surface area contributed by atoms with Gasteiger partial charge in [-0.2, -0.15) is 0 Å². The molecular weight excluding hydrogens is 286 g/mol. The molecule has 2 rings (SSSR count). The predicted octanol–water partition coefficient (Wildman–Crippen LogP) is 4.42. The van der Waals surface area contributed by atoms with Crippen molar-refractivity contribution < 1.29 is 9.47 Å². The van der Waals surface area contributed by atoms with Crippen LogP contribution < -0.4 is 14.8 Å². The number of methoxy groups -OCH3 is 1. The minimum atomic E-state index is 0.259. The third-order valence-electron chi connectivity index (χ3n) is 4.33. The van der Waals surface area contributed by atoms with Crippen molar-refractivity contribution in [3.05, 3.63) is 22.7 Å². The van der Waals surface area contributed by atoms with Gasteiger partial charge in [0.2, 0.25) is 0 Å². The fourth-order valence-electron chi connectivity index (χ4n) is 3.02. The van der Waals surface area contributed by atoms with E-state index >= 15 is 0 Å². The molecule has 0 atom stereocenters. The summed E-state index contributed by atoms with van der Waals surface area (Å²) in [6.07, 6.45) is 6.24. The van der Waals surface area contributed by atoms with Crippen LogP contribution in [0.15, 0.2) is 12.1 Å². The quantitative estimate of drug-likeness (QED) is 0.844. The SMILES string of the molecule is CCC1CCC(Oc2c(Cl)cc(CNC)cc2OC)CC1. The fourth-order valence-corrected chi connectivity index (χ4v) is 3.30. The van der Waals surface area contributed by atoms with Crippen LogP contribution in [0, 0.1) is 5.92 Å². The summed E-state index contributed by atoms with van der Waals surface area (Å²) in [6.45, 7) is 3.03. The summed E-state index contributed by atoms with van der Waals surface area (Å²) in [5.74, 6) is 2.28. The van der Waals surface area contributed by atoms with Crippen molar-refractivity contribution >= 4 is 11.6 Å². The van der Waals surface area contributed by atoms with Gasteiger partial charge in [-0.05, 0) is 56.3 Å². The molecule has 3 nitrogen and oxygen atoms in total. The molecule has 1 saturated carbocycles. The third-order valence-corrected chi connectivity index (χ3v) is 4.61. The van der Waals surface area contributed by atoms with Gasteiger partial charge < -0.3 is 14.8 Å². The van der Waals surface area contributed by atoms with Gasteiger partial charge >= 0.3 is 0 Å². The molecule has 0 radical (unpaired) electrons. The fraction of sp³-hybridized carbons (Fsp3) is 0.647. The van der Waals surface area contributed by atoms with Crippen LogP contribution >= 0.6 is 11.6 Å². The molecule has 1 aliphatic carbocycles. The molecule has 0 bridgehead atoms. The molecular formula is C17H26ClNO2. The van der Waals surface area contributed by atoms with Crippen LogP contribution in [0.4, 0.5) is 0 Å². The van der Waals surface area contributed by atoms with Gasteiger partial charge in [-0.1, -0.05) is 24.9 Å². The van der Waals surface area contributed by atoms with Crippen molar-refractivity contribution in [2.24, 2.45) is 5.92 Å². The van der Waals surface area contributed by atoms with E-state index in [-0.39, 0.29) is 6.10 Å². The Hall–Kier alpha value is -0.930. The van der Waals surface area contributed by atoms with Crippen LogP contribution in [0.5, 0.6) is 11.5 Å². The molecule has 1 N–H and O–H groups in total. The van der Waals surface area contributed by atoms with Crippen molar-refractivity contribution in [3.8, 4) is 11.5 Å². The van der Waals surface area contributed by atoms with Crippen LogP contribution in [0.2, 0.25) is 5.02 Å². The highest BCUT2D eigenvalue weighted by molar-refractivity contribution is 6.32. The van der Waals surface area contributed by atoms with E-state index in [9.17, 15) is 0 Å². The Morgan fingerprint density at radius 2 is 1.95 bits per heavy atom. The third kappa shape index (κ3) is 4.27. The Balaban J connectivity index is 2.09. The molecule has 0 saturated heterocycles. The van der Waals surface area contributed by atoms with E-state index in [0.29, 0.717) is 10.8 Å². The molecule has 1 aromatic carbocycles. The van der Waals surface area contributed by atoms with Crippen LogP contribution in [-0.2, 0) is 6.54 Å². The monoisotopic (exact) mass is 311 g/mol. The first-order chi connectivity index (χ1) is 10.2. The summed E-state index contributed by atoms with van der Waals surface area (Å²) >= 11 is 6.39. The van der Waals surface area contributed by atoms with Gasteiger partial charge in [-0.25, -0.2) is 0 Å². The number of nitrogens with one attached hydrogen (secondary N) is 1. The minimum Gasteiger partial charge on any atom is -0.493 e. The predicted molar refractivity (Wildman–Crippen MR) is 87.4 cm³/mol. The first kappa shape index (κ1) is 16.4. The molecule has 118 valence electrons. The first-order valence-corrected chi connectivity index (χ1v) is 8.23. The van der Waals surface area contributed by atoms with Crippen molar-refractivity contribution in [2.75, 3.05) is 14.2 Å². The Kier molecular flexibility index (Phi) is 6.19. The molecule has 0 aromatic heterocycles. The average molecular weight is 312 g/mol. The zero-order chi connectivity index (χ0) is 15.2. The van der Waals surface area contributed by atoms with Crippen molar-refractivity contribution in [3.63, 3.8) is 0 Å². The molecule has 21 heavy (non-hydrogen) atoms. The average Bonchev–Trinajstić information content (AvgIpc) is 2.50. The maximum absolute atomic E-state index is 6.39. The second-order valence-corrected chi connectivity index (χ2v) is 6.22. The normalized spacial score (nSPS) is 22.1. The van der Waals surface area contributed by atoms with Crippen molar-refractivity contribution in [2.45, 2.75) is 51.7 Å². The van der Waals surface area contributed by atoms with Crippen LogP contribution in [0.25, 0.3) is 0 Å². The summed E-state index contributed by atoms with van der Waals surface area (Å²) in [4.78, 5) is 0. The summed E-state index contributed by atoms with van der Waals surface area (Å²) in [5.41, 5.74) is 1.10. The van der Waals surface area contributed by atoms with Gasteiger partial charge in [0.05, 0.1) is 18.2 Å². The van der Waals surface area contributed by atoms with E-state index in [2.05, 4.69) is 12.2 Å². The highest BCUT2D eigenvalue weighted by atomic mass is 35.5. The topological polar surface area (TPSA) is 30.5 Å². The molecule has 0 amide bonds. The summed E-state index contributed by atoms with van der Waals surface area (Å²) in [7, 11) is 3.58. The van der Waals surface area contributed by atoms with Crippen LogP contribution in [0.1, 0.15) is 44.6 Å². The molecule has 0 aliphatic heterocycles. The van der Waals surface area contributed by atoms with Gasteiger partial charge in [0.25, 0.3) is 0 Å². The van der Waals surface area contributed by atoms with E-state index in [1.165, 1.54) is 19.3 Å². The van der Waals surface area contributed by atoms with Gasteiger partial charge in [-0.15, -0.1) is 0 Å². The smallest absolute Gasteiger partial charge is 0.180 e. The van der Waals surface area contributed by atoms with Gasteiger partial charge in [0.1, 0.15) is 0 Å². The maximum atomic E-state index is 6.39. The number of halogens is 1. The molecule has 0 heterocycles. The zero-order valence-corrected chi connectivity index (χ0v) is 14.0. The van der Waals surface area contributed by atoms with Gasteiger partial charge in [-0.3, -0.25) is 0 Å². The number of rotatable bonds is 6. The summed E-state index contributed by atoms with van der Waals surface area (Å²) in [6, 6.07) is 3.95. The van der Waals surface area contributed by atoms with Crippen molar-refractivity contribution in [1.82, 2.24) is 5.32 Å². The number of hydrogen-bond acceptors (Lipinski definition) is 3. The second kappa shape index (κ2) is 7.90. The van der Waals surface area contributed by atoms with E-state index in [1.807, 2.05) is 19.2 Å². The zero-order valence-electron chi connectivity index (χ0n) is 13.2. The lowest BCUT2D eigenvalue weighted by Gasteiger charge is -2.29. The molecule has 1 aliphatic rings. The Bertz CT molecular complexity index is 456. The lowest BCUT2D eigenvalue weighted by Crippen LogP contribution is -2.24. The lowest BCUT2D eigenvalue weighted by atomic mass is 9.86. The maximum Gasteiger partial charge on any atom is 0.180 e. The molecule has 1 aromatic rings. The molecule has 4 heteroatoms. The molecule has 0 unspecified atom stereocenters. The molecule has 1 fully saturated rings. The lowest BCUT2D eigenvalue weighted by molar-refractivity contribution is 0.126. The Morgan fingerprint density at radius 3 is 2.52 bits per heavy atom. The first-order valence-electron chi connectivity index (χ1n) is 7.85. The number of hydrogen-bond donors (Lipinski definition) is 1. The Morgan fingerprint density at radius 1 is 1.24 bits per heavy atom. The van der Waals surface area contributed by atoms with Gasteiger partial charge in [0, 0.05) is 6.54 Å². The van der Waals surface area contributed by atoms with E-state index in [1.54, 1.807) is 7.11 Å². The molecule has 0 spiro atoms. The second-order valence-electron chi connectivity index (χ2n) is 5.81. The van der Waals surface area contributed by atoms with Gasteiger partial charge in [0.15, 0.2) is 11.5 Å². The summed E-state index contributed by atoms with van der Waals surface area (Å²) < 4.78 is 11.6.